The van der Waals surface area contributed by atoms with E-state index in [1.54, 1.807) is 0 Å². The molecule has 0 fully saturated rings. The van der Waals surface area contributed by atoms with Gasteiger partial charge in [0, 0.05) is 5.41 Å². The molecule has 0 bridgehead atoms. The first-order valence-corrected chi connectivity index (χ1v) is 4.12. The molecule has 0 heteroatoms. The molecule has 1 atom stereocenters. The lowest BCUT2D eigenvalue weighted by Gasteiger charge is -2.19. The van der Waals surface area contributed by atoms with Gasteiger partial charge in [0.25, 0.3) is 0 Å². The quantitative estimate of drug-likeness (QED) is 0.428. The zero-order chi connectivity index (χ0) is 8.91. The van der Waals surface area contributed by atoms with Crippen molar-refractivity contribution in [2.45, 2.75) is 34.1 Å². The summed E-state index contributed by atoms with van der Waals surface area (Å²) < 4.78 is 0. The van der Waals surface area contributed by atoms with Crippen LogP contribution in [0.25, 0.3) is 0 Å². The lowest BCUT2D eigenvalue weighted by molar-refractivity contribution is 0.404. The van der Waals surface area contributed by atoms with E-state index in [2.05, 4.69) is 38.8 Å². The van der Waals surface area contributed by atoms with Crippen LogP contribution in [0.5, 0.6) is 0 Å². The molecule has 62 valence electrons. The van der Waals surface area contributed by atoms with Crippen molar-refractivity contribution in [1.29, 1.82) is 0 Å². The molecule has 1 unspecified atom stereocenters. The number of hydrogen-bond donors (Lipinski definition) is 0. The summed E-state index contributed by atoms with van der Waals surface area (Å²) in [4.78, 5) is 0. The maximum Gasteiger partial charge on any atom is 0.0261 e. The van der Waals surface area contributed by atoms with Crippen molar-refractivity contribution in [3.8, 4) is 12.3 Å². The van der Waals surface area contributed by atoms with E-state index in [0.29, 0.717) is 5.92 Å². The van der Waals surface area contributed by atoms with Gasteiger partial charge in [-0.1, -0.05) is 19.1 Å². The Labute approximate surface area is 70.7 Å². The number of rotatable bonds is 3. The topological polar surface area (TPSA) is 0 Å². The van der Waals surface area contributed by atoms with Gasteiger partial charge in [-0.05, 0) is 33.1 Å². The maximum absolute atomic E-state index is 5.38. The molecule has 0 aliphatic carbocycles. The SMILES string of the molecule is C#CC(C)(C)CC(C)C=CC. The Kier molecular flexibility index (Phi) is 3.97. The molecular weight excluding hydrogens is 132 g/mol. The smallest absolute Gasteiger partial charge is 0.0261 e. The Morgan fingerprint density at radius 3 is 2.45 bits per heavy atom. The van der Waals surface area contributed by atoms with Gasteiger partial charge >= 0.3 is 0 Å². The molecule has 0 aliphatic rings. The highest BCUT2D eigenvalue weighted by Gasteiger charge is 2.15. The molecule has 0 aromatic heterocycles. The third kappa shape index (κ3) is 4.67. The third-order valence-electron chi connectivity index (χ3n) is 1.74. The van der Waals surface area contributed by atoms with Crippen LogP contribution in [-0.2, 0) is 0 Å². The molecule has 0 saturated carbocycles. The van der Waals surface area contributed by atoms with Crippen LogP contribution >= 0.6 is 0 Å². The summed E-state index contributed by atoms with van der Waals surface area (Å²) in [6.07, 6.45) is 10.7. The van der Waals surface area contributed by atoms with Crippen LogP contribution < -0.4 is 0 Å². The van der Waals surface area contributed by atoms with E-state index >= 15 is 0 Å². The van der Waals surface area contributed by atoms with Crippen molar-refractivity contribution >= 4 is 0 Å². The Morgan fingerprint density at radius 1 is 1.55 bits per heavy atom. The zero-order valence-corrected chi connectivity index (χ0v) is 8.02. The van der Waals surface area contributed by atoms with E-state index in [1.165, 1.54) is 0 Å². The molecule has 0 aromatic rings. The first-order chi connectivity index (χ1) is 5.02. The predicted molar refractivity (Wildman–Crippen MR) is 51.2 cm³/mol. The van der Waals surface area contributed by atoms with Crippen LogP contribution in [0, 0.1) is 23.7 Å². The minimum absolute atomic E-state index is 0.0406. The minimum Gasteiger partial charge on any atom is -0.120 e. The fraction of sp³-hybridized carbons (Fsp3) is 0.636. The lowest BCUT2D eigenvalue weighted by Crippen LogP contribution is -2.11. The number of hydrogen-bond acceptors (Lipinski definition) is 0. The van der Waals surface area contributed by atoms with Crippen molar-refractivity contribution in [2.24, 2.45) is 11.3 Å². The average molecular weight is 150 g/mol. The second-order valence-corrected chi connectivity index (χ2v) is 3.74. The van der Waals surface area contributed by atoms with Crippen molar-refractivity contribution in [3.05, 3.63) is 12.2 Å². The van der Waals surface area contributed by atoms with Gasteiger partial charge in [-0.2, -0.15) is 0 Å². The van der Waals surface area contributed by atoms with E-state index in [0.717, 1.165) is 6.42 Å². The van der Waals surface area contributed by atoms with Gasteiger partial charge in [0.2, 0.25) is 0 Å². The predicted octanol–water partition coefficient (Wildman–Crippen LogP) is 3.25. The molecule has 0 amide bonds. The molecule has 0 rings (SSSR count). The molecular formula is C11H18. The lowest BCUT2D eigenvalue weighted by atomic mass is 9.84. The highest BCUT2D eigenvalue weighted by Crippen LogP contribution is 2.24. The van der Waals surface area contributed by atoms with Gasteiger partial charge in [0.1, 0.15) is 0 Å². The van der Waals surface area contributed by atoms with E-state index in [4.69, 9.17) is 6.42 Å². The molecule has 0 N–H and O–H groups in total. The molecule has 0 aromatic carbocycles. The second-order valence-electron chi connectivity index (χ2n) is 3.74. The Morgan fingerprint density at radius 2 is 2.09 bits per heavy atom. The van der Waals surface area contributed by atoms with Crippen molar-refractivity contribution < 1.29 is 0 Å². The monoisotopic (exact) mass is 150 g/mol. The number of allylic oxidation sites excluding steroid dienone is 2. The molecule has 0 heterocycles. The third-order valence-corrected chi connectivity index (χ3v) is 1.74. The summed E-state index contributed by atoms with van der Waals surface area (Å²) in [5.74, 6) is 3.39. The molecule has 0 aliphatic heterocycles. The molecule has 0 radical (unpaired) electrons. The Hall–Kier alpha value is -0.700. The van der Waals surface area contributed by atoms with Crippen LogP contribution in [0.1, 0.15) is 34.1 Å². The molecule has 0 saturated heterocycles. The fourth-order valence-corrected chi connectivity index (χ4v) is 1.26. The second kappa shape index (κ2) is 4.23. The molecule has 11 heavy (non-hydrogen) atoms. The highest BCUT2D eigenvalue weighted by molar-refractivity contribution is 5.02. The normalized spacial score (nSPS) is 14.8. The van der Waals surface area contributed by atoms with E-state index < -0.39 is 0 Å². The van der Waals surface area contributed by atoms with Crippen LogP contribution in [0.4, 0.5) is 0 Å². The summed E-state index contributed by atoms with van der Waals surface area (Å²) in [5.41, 5.74) is 0.0406. The number of terminal acetylenes is 1. The van der Waals surface area contributed by atoms with Crippen LogP contribution in [-0.4, -0.2) is 0 Å². The van der Waals surface area contributed by atoms with Gasteiger partial charge in [-0.25, -0.2) is 0 Å². The van der Waals surface area contributed by atoms with Gasteiger partial charge in [0.15, 0.2) is 0 Å². The summed E-state index contributed by atoms with van der Waals surface area (Å²) in [6.45, 7) is 8.44. The average Bonchev–Trinajstić information content (AvgIpc) is 1.87. The van der Waals surface area contributed by atoms with E-state index in [-0.39, 0.29) is 5.41 Å². The summed E-state index contributed by atoms with van der Waals surface area (Å²) in [6, 6.07) is 0. The highest BCUT2D eigenvalue weighted by atomic mass is 14.2. The van der Waals surface area contributed by atoms with Crippen LogP contribution in [0.3, 0.4) is 0 Å². The van der Waals surface area contributed by atoms with E-state index in [1.807, 2.05) is 6.92 Å². The van der Waals surface area contributed by atoms with Crippen molar-refractivity contribution in [3.63, 3.8) is 0 Å². The van der Waals surface area contributed by atoms with Crippen molar-refractivity contribution in [1.82, 2.24) is 0 Å². The van der Waals surface area contributed by atoms with Crippen LogP contribution in [0.15, 0.2) is 12.2 Å². The zero-order valence-electron chi connectivity index (χ0n) is 8.02. The Balaban J connectivity index is 3.95. The molecule has 0 spiro atoms. The van der Waals surface area contributed by atoms with Crippen molar-refractivity contribution in [2.75, 3.05) is 0 Å². The van der Waals surface area contributed by atoms with Gasteiger partial charge < -0.3 is 0 Å². The first kappa shape index (κ1) is 10.3. The largest absolute Gasteiger partial charge is 0.120 e. The fourth-order valence-electron chi connectivity index (χ4n) is 1.26. The van der Waals surface area contributed by atoms with Gasteiger partial charge in [-0.15, -0.1) is 12.3 Å². The standard InChI is InChI=1S/C11H18/c1-6-8-10(3)9-11(4,5)7-2/h2,6,8,10H,9H2,1,3-5H3. The summed E-state index contributed by atoms with van der Waals surface area (Å²) in [5, 5.41) is 0. The molecule has 0 nitrogen and oxygen atoms in total. The maximum atomic E-state index is 5.38. The van der Waals surface area contributed by atoms with Gasteiger partial charge in [0.05, 0.1) is 0 Å². The van der Waals surface area contributed by atoms with Gasteiger partial charge in [-0.3, -0.25) is 0 Å². The van der Waals surface area contributed by atoms with E-state index in [9.17, 15) is 0 Å². The van der Waals surface area contributed by atoms with Crippen LogP contribution in [0.2, 0.25) is 0 Å². The summed E-state index contributed by atoms with van der Waals surface area (Å²) in [7, 11) is 0. The minimum atomic E-state index is 0.0406. The summed E-state index contributed by atoms with van der Waals surface area (Å²) >= 11 is 0. The first-order valence-electron chi connectivity index (χ1n) is 4.12. The Bertz CT molecular complexity index is 167.